The second kappa shape index (κ2) is 6.90. The molecule has 0 unspecified atom stereocenters. The molecule has 28 heavy (non-hydrogen) atoms. The zero-order valence-electron chi connectivity index (χ0n) is 14.5. The van der Waals surface area contributed by atoms with Crippen molar-refractivity contribution in [2.24, 2.45) is 5.92 Å². The second-order valence-electron chi connectivity index (χ2n) is 6.57. The summed E-state index contributed by atoms with van der Waals surface area (Å²) >= 11 is 0. The van der Waals surface area contributed by atoms with Gasteiger partial charge >= 0.3 is 12.2 Å². The smallest absolute Gasteiger partial charge is 0.363 e. The van der Waals surface area contributed by atoms with Crippen LogP contribution in [0, 0.1) is 18.7 Å². The van der Waals surface area contributed by atoms with Crippen LogP contribution in [0.3, 0.4) is 0 Å². The Bertz CT molecular complexity index is 914. The van der Waals surface area contributed by atoms with Gasteiger partial charge in [-0.3, -0.25) is 4.79 Å². The molecule has 3 N–H and O–H groups in total. The highest BCUT2D eigenvalue weighted by Crippen LogP contribution is 2.44. The maximum Gasteiger partial charge on any atom is 0.437 e. The number of carbonyl (C=O) groups is 2. The molecule has 1 fully saturated rings. The average molecular weight is 396 g/mol. The number of alkyl halides is 3. The summed E-state index contributed by atoms with van der Waals surface area (Å²) in [5.74, 6) is -4.27. The summed E-state index contributed by atoms with van der Waals surface area (Å²) in [7, 11) is 0. The Labute approximate surface area is 157 Å². The summed E-state index contributed by atoms with van der Waals surface area (Å²) in [4.78, 5) is 24.9. The number of benzene rings is 2. The molecule has 9 heteroatoms. The SMILES string of the molecule is Cc1ccc(C(=O)[C@@H]2[C@H](c3ccccc3F)NC(=O)N[C@]2(O)C(F)(F)F)cc1. The van der Waals surface area contributed by atoms with E-state index in [1.165, 1.54) is 41.7 Å². The minimum atomic E-state index is -5.39. The molecule has 2 aromatic rings. The van der Waals surface area contributed by atoms with E-state index in [-0.39, 0.29) is 11.1 Å². The van der Waals surface area contributed by atoms with Crippen LogP contribution in [0.25, 0.3) is 0 Å². The van der Waals surface area contributed by atoms with Gasteiger partial charge in [0.1, 0.15) is 11.7 Å². The van der Waals surface area contributed by atoms with E-state index >= 15 is 0 Å². The van der Waals surface area contributed by atoms with Crippen LogP contribution >= 0.6 is 0 Å². The van der Waals surface area contributed by atoms with Crippen molar-refractivity contribution in [1.82, 2.24) is 10.6 Å². The van der Waals surface area contributed by atoms with E-state index in [4.69, 9.17) is 0 Å². The largest absolute Gasteiger partial charge is 0.437 e. The summed E-state index contributed by atoms with van der Waals surface area (Å²) in [6, 6.07) is 7.35. The molecule has 0 aliphatic carbocycles. The predicted octanol–water partition coefficient (Wildman–Crippen LogP) is 3.24. The molecule has 1 saturated heterocycles. The van der Waals surface area contributed by atoms with Crippen LogP contribution in [0.2, 0.25) is 0 Å². The number of hydrogen-bond acceptors (Lipinski definition) is 3. The summed E-state index contributed by atoms with van der Waals surface area (Å²) in [6.45, 7) is 1.73. The van der Waals surface area contributed by atoms with E-state index in [1.54, 1.807) is 6.92 Å². The van der Waals surface area contributed by atoms with Crippen molar-refractivity contribution in [2.75, 3.05) is 0 Å². The standard InChI is InChI=1S/C19H16F4N2O3/c1-10-6-8-11(9-7-10)16(26)14-15(12-4-2-3-5-13(12)20)24-17(27)25-18(14,28)19(21,22)23/h2-9,14-15,28H,1H3,(H2,24,25,27)/t14-,15-,18+/m0/s1. The number of aryl methyl sites for hydroxylation is 1. The third kappa shape index (κ3) is 3.33. The molecule has 3 rings (SSSR count). The lowest BCUT2D eigenvalue weighted by atomic mass is 9.77. The van der Waals surface area contributed by atoms with E-state index in [0.29, 0.717) is 0 Å². The van der Waals surface area contributed by atoms with Crippen molar-refractivity contribution < 1.29 is 32.3 Å². The normalized spacial score (nSPS) is 25.0. The Balaban J connectivity index is 2.18. The first-order valence-corrected chi connectivity index (χ1v) is 8.27. The maximum atomic E-state index is 14.3. The third-order valence-electron chi connectivity index (χ3n) is 4.67. The highest BCUT2D eigenvalue weighted by molar-refractivity contribution is 6.00. The van der Waals surface area contributed by atoms with Crippen molar-refractivity contribution in [1.29, 1.82) is 0 Å². The summed E-state index contributed by atoms with van der Waals surface area (Å²) in [6.07, 6.45) is -5.39. The van der Waals surface area contributed by atoms with Gasteiger partial charge in [0.2, 0.25) is 5.72 Å². The van der Waals surface area contributed by atoms with Crippen LogP contribution in [-0.2, 0) is 0 Å². The van der Waals surface area contributed by atoms with Gasteiger partial charge in [-0.1, -0.05) is 48.0 Å². The maximum absolute atomic E-state index is 14.3. The third-order valence-corrected chi connectivity index (χ3v) is 4.67. The summed E-state index contributed by atoms with van der Waals surface area (Å²) < 4.78 is 55.5. The van der Waals surface area contributed by atoms with Crippen molar-refractivity contribution in [2.45, 2.75) is 24.9 Å². The molecule has 148 valence electrons. The molecule has 0 saturated carbocycles. The predicted molar refractivity (Wildman–Crippen MR) is 90.8 cm³/mol. The van der Waals surface area contributed by atoms with Crippen LogP contribution in [0.5, 0.6) is 0 Å². The first-order valence-electron chi connectivity index (χ1n) is 8.27. The van der Waals surface area contributed by atoms with E-state index in [1.807, 2.05) is 0 Å². The lowest BCUT2D eigenvalue weighted by Gasteiger charge is -2.45. The fraction of sp³-hybridized carbons (Fsp3) is 0.263. The van der Waals surface area contributed by atoms with E-state index in [2.05, 4.69) is 5.32 Å². The Morgan fingerprint density at radius 2 is 1.71 bits per heavy atom. The zero-order valence-corrected chi connectivity index (χ0v) is 14.5. The van der Waals surface area contributed by atoms with E-state index in [9.17, 15) is 32.3 Å². The van der Waals surface area contributed by atoms with Gasteiger partial charge in [-0.25, -0.2) is 9.18 Å². The molecule has 1 aliphatic heterocycles. The van der Waals surface area contributed by atoms with E-state index < -0.39 is 41.5 Å². The first kappa shape index (κ1) is 19.8. The Morgan fingerprint density at radius 1 is 1.11 bits per heavy atom. The number of hydrogen-bond donors (Lipinski definition) is 3. The molecule has 0 spiro atoms. The second-order valence-corrected chi connectivity index (χ2v) is 6.57. The number of halogens is 4. The number of Topliss-reactive ketones (excluding diaryl/α,β-unsaturated/α-hetero) is 1. The van der Waals surface area contributed by atoms with Gasteiger partial charge in [-0.05, 0) is 13.0 Å². The number of nitrogens with one attached hydrogen (secondary N) is 2. The monoisotopic (exact) mass is 396 g/mol. The molecule has 0 aromatic heterocycles. The van der Waals surface area contributed by atoms with Gasteiger partial charge < -0.3 is 15.7 Å². The molecule has 0 radical (unpaired) electrons. The minimum absolute atomic E-state index is 0.113. The fourth-order valence-electron chi connectivity index (χ4n) is 3.22. The molecular weight excluding hydrogens is 380 g/mol. The Kier molecular flexibility index (Phi) is 4.88. The molecule has 3 atom stereocenters. The molecule has 2 amide bonds. The van der Waals surface area contributed by atoms with Crippen molar-refractivity contribution >= 4 is 11.8 Å². The molecule has 0 bridgehead atoms. The molecule has 2 aromatic carbocycles. The van der Waals surface area contributed by atoms with Gasteiger partial charge in [-0.15, -0.1) is 0 Å². The van der Waals surface area contributed by atoms with Gasteiger partial charge in [0.25, 0.3) is 0 Å². The van der Waals surface area contributed by atoms with Crippen LogP contribution in [0.15, 0.2) is 48.5 Å². The van der Waals surface area contributed by atoms with Gasteiger partial charge in [-0.2, -0.15) is 13.2 Å². The van der Waals surface area contributed by atoms with Crippen LogP contribution in [-0.4, -0.2) is 28.8 Å². The first-order chi connectivity index (χ1) is 13.0. The highest BCUT2D eigenvalue weighted by Gasteiger charge is 2.66. The van der Waals surface area contributed by atoms with Crippen molar-refractivity contribution in [3.8, 4) is 0 Å². The summed E-state index contributed by atoms with van der Waals surface area (Å²) in [5, 5.41) is 13.9. The van der Waals surface area contributed by atoms with Crippen LogP contribution < -0.4 is 10.6 Å². The Morgan fingerprint density at radius 3 is 2.29 bits per heavy atom. The molecular formula is C19H16F4N2O3. The quantitative estimate of drug-likeness (QED) is 0.551. The van der Waals surface area contributed by atoms with Gasteiger partial charge in [0.15, 0.2) is 5.78 Å². The van der Waals surface area contributed by atoms with Gasteiger partial charge in [0.05, 0.1) is 6.04 Å². The van der Waals surface area contributed by atoms with Crippen molar-refractivity contribution in [3.05, 3.63) is 71.0 Å². The lowest BCUT2D eigenvalue weighted by molar-refractivity contribution is -0.287. The van der Waals surface area contributed by atoms with Crippen LogP contribution in [0.4, 0.5) is 22.4 Å². The number of rotatable bonds is 3. The number of aliphatic hydroxyl groups is 1. The number of carbonyl (C=O) groups excluding carboxylic acids is 2. The Hall–Kier alpha value is -2.94. The number of ketones is 1. The number of amides is 2. The molecule has 1 heterocycles. The lowest BCUT2D eigenvalue weighted by Crippen LogP contribution is -2.72. The van der Waals surface area contributed by atoms with Gasteiger partial charge in [0, 0.05) is 11.1 Å². The molecule has 5 nitrogen and oxygen atoms in total. The topological polar surface area (TPSA) is 78.4 Å². The highest BCUT2D eigenvalue weighted by atomic mass is 19.4. The van der Waals surface area contributed by atoms with Crippen molar-refractivity contribution in [3.63, 3.8) is 0 Å². The summed E-state index contributed by atoms with van der Waals surface area (Å²) in [5.41, 5.74) is -3.57. The minimum Gasteiger partial charge on any atom is -0.363 e. The molecule has 1 aliphatic rings. The average Bonchev–Trinajstić information content (AvgIpc) is 2.60. The number of urea groups is 1. The van der Waals surface area contributed by atoms with E-state index in [0.717, 1.165) is 17.7 Å². The zero-order chi connectivity index (χ0) is 20.7. The van der Waals surface area contributed by atoms with Crippen LogP contribution in [0.1, 0.15) is 27.5 Å². The fourth-order valence-corrected chi connectivity index (χ4v) is 3.22.